The van der Waals surface area contributed by atoms with Gasteiger partial charge < -0.3 is 5.32 Å². The van der Waals surface area contributed by atoms with Crippen molar-refractivity contribution in [1.29, 1.82) is 0 Å². The molecule has 3 aromatic rings. The predicted molar refractivity (Wildman–Crippen MR) is 107 cm³/mol. The second kappa shape index (κ2) is 7.07. The first kappa shape index (κ1) is 18.2. The number of anilines is 1. The normalized spacial score (nSPS) is 12.8. The number of hydrogen-bond acceptors (Lipinski definition) is 4. The molecule has 1 aliphatic carbocycles. The highest BCUT2D eigenvalue weighted by Gasteiger charge is 2.24. The van der Waals surface area contributed by atoms with Crippen molar-refractivity contribution in [1.82, 2.24) is 19.3 Å². The molecule has 2 heterocycles. The minimum absolute atomic E-state index is 0.110. The highest BCUT2D eigenvalue weighted by molar-refractivity contribution is 5.91. The van der Waals surface area contributed by atoms with E-state index in [1.165, 1.54) is 4.57 Å². The number of carbonyl (C=O) groups is 1. The topological polar surface area (TPSA) is 81.8 Å². The summed E-state index contributed by atoms with van der Waals surface area (Å²) in [4.78, 5) is 30.6. The fourth-order valence-electron chi connectivity index (χ4n) is 3.70. The fourth-order valence-corrected chi connectivity index (χ4v) is 3.70. The highest BCUT2D eigenvalue weighted by Crippen LogP contribution is 2.19. The predicted octanol–water partition coefficient (Wildman–Crippen LogP) is 2.48. The van der Waals surface area contributed by atoms with Crippen LogP contribution in [0.4, 0.5) is 5.69 Å². The molecule has 4 rings (SSSR count). The van der Waals surface area contributed by atoms with E-state index in [1.54, 1.807) is 4.68 Å². The average molecular weight is 377 g/mol. The Bertz CT molecular complexity index is 1130. The number of fused-ring (bicyclic) bond motifs is 1. The van der Waals surface area contributed by atoms with Gasteiger partial charge in [-0.15, -0.1) is 0 Å². The third kappa shape index (κ3) is 3.24. The van der Waals surface area contributed by atoms with Crippen molar-refractivity contribution in [2.24, 2.45) is 0 Å². The van der Waals surface area contributed by atoms with Crippen LogP contribution in [0.3, 0.4) is 0 Å². The standard InChI is InChI=1S/C21H23N5O2/c1-13-7-4-5-9-17(13)22-19(27)12-25-20(28)16-8-6-10-18(16)23-21(25)26-15(3)11-14(2)24-26/h4-5,7,9,11H,6,8,10,12H2,1-3H3,(H,22,27). The van der Waals surface area contributed by atoms with Gasteiger partial charge >= 0.3 is 0 Å². The number of para-hydroxylation sites is 1. The Hall–Kier alpha value is -3.22. The summed E-state index contributed by atoms with van der Waals surface area (Å²) in [5.74, 6) is 0.134. The Kier molecular flexibility index (Phi) is 4.58. The Morgan fingerprint density at radius 1 is 1.18 bits per heavy atom. The van der Waals surface area contributed by atoms with E-state index in [0.717, 1.165) is 41.2 Å². The van der Waals surface area contributed by atoms with Gasteiger partial charge in [-0.05, 0) is 57.7 Å². The Morgan fingerprint density at radius 2 is 1.96 bits per heavy atom. The number of nitrogens with one attached hydrogen (secondary N) is 1. The first-order chi connectivity index (χ1) is 13.4. The lowest BCUT2D eigenvalue weighted by atomic mass is 10.2. The quantitative estimate of drug-likeness (QED) is 0.757. The first-order valence-electron chi connectivity index (χ1n) is 9.46. The maximum absolute atomic E-state index is 13.1. The molecule has 1 aromatic carbocycles. The zero-order chi connectivity index (χ0) is 19.8. The number of rotatable bonds is 4. The number of benzene rings is 1. The monoisotopic (exact) mass is 377 g/mol. The number of carbonyl (C=O) groups excluding carboxylic acids is 1. The lowest BCUT2D eigenvalue weighted by Gasteiger charge is -2.15. The molecule has 2 aromatic heterocycles. The van der Waals surface area contributed by atoms with Crippen LogP contribution < -0.4 is 10.9 Å². The number of aromatic nitrogens is 4. The van der Waals surface area contributed by atoms with E-state index in [2.05, 4.69) is 10.4 Å². The van der Waals surface area contributed by atoms with Crippen LogP contribution in [-0.4, -0.2) is 25.2 Å². The summed E-state index contributed by atoms with van der Waals surface area (Å²) in [6, 6.07) is 9.49. The van der Waals surface area contributed by atoms with Crippen LogP contribution in [-0.2, 0) is 24.2 Å². The number of nitrogens with zero attached hydrogens (tertiary/aromatic N) is 4. The number of amides is 1. The molecular formula is C21H23N5O2. The lowest BCUT2D eigenvalue weighted by molar-refractivity contribution is -0.116. The van der Waals surface area contributed by atoms with Crippen molar-refractivity contribution in [3.63, 3.8) is 0 Å². The summed E-state index contributed by atoms with van der Waals surface area (Å²) >= 11 is 0. The van der Waals surface area contributed by atoms with Gasteiger partial charge in [0.25, 0.3) is 5.56 Å². The van der Waals surface area contributed by atoms with E-state index >= 15 is 0 Å². The molecule has 1 amide bonds. The average Bonchev–Trinajstić information content (AvgIpc) is 3.25. The third-order valence-corrected chi connectivity index (χ3v) is 5.09. The molecule has 0 saturated heterocycles. The molecule has 7 heteroatoms. The molecule has 144 valence electrons. The minimum atomic E-state index is -0.265. The smallest absolute Gasteiger partial charge is 0.258 e. The molecule has 1 N–H and O–H groups in total. The van der Waals surface area contributed by atoms with Gasteiger partial charge in [0.15, 0.2) is 0 Å². The zero-order valence-electron chi connectivity index (χ0n) is 16.3. The van der Waals surface area contributed by atoms with Gasteiger partial charge in [0.05, 0.1) is 11.4 Å². The van der Waals surface area contributed by atoms with Crippen molar-refractivity contribution < 1.29 is 4.79 Å². The van der Waals surface area contributed by atoms with Crippen molar-refractivity contribution >= 4 is 11.6 Å². The summed E-state index contributed by atoms with van der Waals surface area (Å²) in [5.41, 5.74) is 4.80. The maximum atomic E-state index is 13.1. The van der Waals surface area contributed by atoms with Crippen LogP contribution in [0.2, 0.25) is 0 Å². The van der Waals surface area contributed by atoms with Gasteiger partial charge in [-0.25, -0.2) is 9.67 Å². The zero-order valence-corrected chi connectivity index (χ0v) is 16.3. The summed E-state index contributed by atoms with van der Waals surface area (Å²) in [5, 5.41) is 7.37. The van der Waals surface area contributed by atoms with E-state index in [0.29, 0.717) is 17.9 Å². The Balaban J connectivity index is 1.75. The van der Waals surface area contributed by atoms with Crippen LogP contribution in [0, 0.1) is 20.8 Å². The van der Waals surface area contributed by atoms with E-state index in [1.807, 2.05) is 51.1 Å². The van der Waals surface area contributed by atoms with Crippen LogP contribution in [0.25, 0.3) is 5.95 Å². The Labute approximate surface area is 163 Å². The molecule has 0 atom stereocenters. The molecule has 0 fully saturated rings. The fraction of sp³-hybridized carbons (Fsp3) is 0.333. The first-order valence-corrected chi connectivity index (χ1v) is 9.46. The third-order valence-electron chi connectivity index (χ3n) is 5.09. The Morgan fingerprint density at radius 3 is 2.68 bits per heavy atom. The second-order valence-electron chi connectivity index (χ2n) is 7.28. The van der Waals surface area contributed by atoms with E-state index < -0.39 is 0 Å². The van der Waals surface area contributed by atoms with Gasteiger partial charge in [0, 0.05) is 16.9 Å². The molecule has 0 bridgehead atoms. The van der Waals surface area contributed by atoms with Crippen LogP contribution in [0.1, 0.15) is 34.6 Å². The van der Waals surface area contributed by atoms with Crippen LogP contribution >= 0.6 is 0 Å². The van der Waals surface area contributed by atoms with Gasteiger partial charge in [-0.1, -0.05) is 18.2 Å². The van der Waals surface area contributed by atoms with Gasteiger partial charge in [0.2, 0.25) is 11.9 Å². The van der Waals surface area contributed by atoms with Crippen molar-refractivity contribution in [2.45, 2.75) is 46.6 Å². The summed E-state index contributed by atoms with van der Waals surface area (Å²) in [6.45, 7) is 5.63. The second-order valence-corrected chi connectivity index (χ2v) is 7.28. The SMILES string of the molecule is Cc1cc(C)n(-c2nc3c(c(=O)n2CC(=O)Nc2ccccc2C)CCC3)n1. The van der Waals surface area contributed by atoms with E-state index in [4.69, 9.17) is 4.98 Å². The molecule has 0 saturated carbocycles. The van der Waals surface area contributed by atoms with E-state index in [-0.39, 0.29) is 18.0 Å². The van der Waals surface area contributed by atoms with Crippen LogP contribution in [0.5, 0.6) is 0 Å². The summed E-state index contributed by atoms with van der Waals surface area (Å²) in [6.07, 6.45) is 2.40. The summed E-state index contributed by atoms with van der Waals surface area (Å²) < 4.78 is 3.09. The number of hydrogen-bond donors (Lipinski definition) is 1. The summed E-state index contributed by atoms with van der Waals surface area (Å²) in [7, 11) is 0. The largest absolute Gasteiger partial charge is 0.324 e. The van der Waals surface area contributed by atoms with Gasteiger partial charge in [-0.2, -0.15) is 5.10 Å². The molecule has 28 heavy (non-hydrogen) atoms. The molecule has 0 radical (unpaired) electrons. The maximum Gasteiger partial charge on any atom is 0.258 e. The van der Waals surface area contributed by atoms with Crippen LogP contribution in [0.15, 0.2) is 35.1 Å². The van der Waals surface area contributed by atoms with Gasteiger partial charge in [0.1, 0.15) is 6.54 Å². The number of aryl methyl sites for hydroxylation is 4. The van der Waals surface area contributed by atoms with Gasteiger partial charge in [-0.3, -0.25) is 14.2 Å². The molecule has 0 unspecified atom stereocenters. The lowest BCUT2D eigenvalue weighted by Crippen LogP contribution is -2.34. The molecule has 7 nitrogen and oxygen atoms in total. The highest BCUT2D eigenvalue weighted by atomic mass is 16.2. The molecule has 0 aliphatic heterocycles. The van der Waals surface area contributed by atoms with Crippen molar-refractivity contribution in [3.05, 3.63) is 68.9 Å². The minimum Gasteiger partial charge on any atom is -0.324 e. The molecular weight excluding hydrogens is 354 g/mol. The van der Waals surface area contributed by atoms with E-state index in [9.17, 15) is 9.59 Å². The molecule has 0 spiro atoms. The van der Waals surface area contributed by atoms with Crippen molar-refractivity contribution in [2.75, 3.05) is 5.32 Å². The molecule has 1 aliphatic rings. The van der Waals surface area contributed by atoms with Crippen molar-refractivity contribution in [3.8, 4) is 5.95 Å².